The van der Waals surface area contributed by atoms with Crippen molar-refractivity contribution in [2.24, 2.45) is 5.73 Å². The maximum absolute atomic E-state index is 11.5. The van der Waals surface area contributed by atoms with Crippen LogP contribution in [0, 0.1) is 0 Å². The number of amides is 1. The van der Waals surface area contributed by atoms with E-state index >= 15 is 0 Å². The number of hydrogen-bond acceptors (Lipinski definition) is 4. The third-order valence-electron chi connectivity index (χ3n) is 3.41. The van der Waals surface area contributed by atoms with Gasteiger partial charge in [0.05, 0.1) is 11.8 Å². The molecule has 0 radical (unpaired) electrons. The van der Waals surface area contributed by atoms with Gasteiger partial charge >= 0.3 is 0 Å². The smallest absolute Gasteiger partial charge is 0.264 e. The van der Waals surface area contributed by atoms with E-state index in [2.05, 4.69) is 10.3 Å². The van der Waals surface area contributed by atoms with Crippen LogP contribution in [-0.2, 0) is 21.3 Å². The van der Waals surface area contributed by atoms with Crippen LogP contribution in [0.1, 0.15) is 12.0 Å². The van der Waals surface area contributed by atoms with Crippen molar-refractivity contribution >= 4 is 26.9 Å². The lowest BCUT2D eigenvalue weighted by Gasteiger charge is -2.14. The molecule has 7 nitrogen and oxygen atoms in total. The highest BCUT2D eigenvalue weighted by Crippen LogP contribution is 2.19. The molecular weight excluding hydrogens is 306 g/mol. The summed E-state index contributed by atoms with van der Waals surface area (Å²) in [5.74, 6) is -0.851. The number of benzene rings is 1. The van der Waals surface area contributed by atoms with Gasteiger partial charge in [0.25, 0.3) is 10.1 Å². The summed E-state index contributed by atoms with van der Waals surface area (Å²) in [6, 6.07) is 7.13. The van der Waals surface area contributed by atoms with E-state index in [0.717, 1.165) is 16.5 Å². The molecule has 1 atom stereocenters. The Morgan fingerprint density at radius 2 is 2.09 bits per heavy atom. The van der Waals surface area contributed by atoms with E-state index in [-0.39, 0.29) is 18.7 Å². The lowest BCUT2D eigenvalue weighted by molar-refractivity contribution is -0.120. The highest BCUT2D eigenvalue weighted by atomic mass is 32.2. The minimum Gasteiger partial charge on any atom is -0.368 e. The molecule has 0 aliphatic heterocycles. The van der Waals surface area contributed by atoms with Crippen LogP contribution in [0.25, 0.3) is 10.9 Å². The van der Waals surface area contributed by atoms with Gasteiger partial charge in [-0.2, -0.15) is 8.42 Å². The molecule has 0 aliphatic carbocycles. The average molecular weight is 325 g/mol. The molecule has 0 saturated heterocycles. The summed E-state index contributed by atoms with van der Waals surface area (Å²) >= 11 is 0. The number of fused-ring (bicyclic) bond motifs is 1. The summed E-state index contributed by atoms with van der Waals surface area (Å²) in [5, 5.41) is 3.95. The number of para-hydroxylation sites is 1. The number of primary amides is 1. The summed E-state index contributed by atoms with van der Waals surface area (Å²) in [4.78, 5) is 14.7. The zero-order valence-corrected chi connectivity index (χ0v) is 12.8. The maximum Gasteiger partial charge on any atom is 0.264 e. The monoisotopic (exact) mass is 325 g/mol. The van der Waals surface area contributed by atoms with E-state index in [1.54, 1.807) is 0 Å². The van der Waals surface area contributed by atoms with Gasteiger partial charge in [0, 0.05) is 17.1 Å². The minimum atomic E-state index is -3.98. The van der Waals surface area contributed by atoms with Crippen LogP contribution in [0.3, 0.4) is 0 Å². The van der Waals surface area contributed by atoms with E-state index in [9.17, 15) is 13.2 Å². The van der Waals surface area contributed by atoms with Gasteiger partial charge in [-0.3, -0.25) is 9.35 Å². The predicted molar refractivity (Wildman–Crippen MR) is 84.0 cm³/mol. The van der Waals surface area contributed by atoms with E-state index in [0.29, 0.717) is 6.42 Å². The fourth-order valence-corrected chi connectivity index (χ4v) is 2.83. The highest BCUT2D eigenvalue weighted by molar-refractivity contribution is 7.85. The van der Waals surface area contributed by atoms with Gasteiger partial charge in [0.2, 0.25) is 5.91 Å². The molecule has 2 aromatic rings. The Morgan fingerprint density at radius 3 is 2.77 bits per heavy atom. The molecule has 0 aliphatic rings. The van der Waals surface area contributed by atoms with E-state index in [4.69, 9.17) is 10.3 Å². The van der Waals surface area contributed by atoms with E-state index in [1.807, 2.05) is 30.5 Å². The second kappa shape index (κ2) is 6.91. The number of H-pyrrole nitrogens is 1. The second-order valence-electron chi connectivity index (χ2n) is 5.11. The lowest BCUT2D eigenvalue weighted by Crippen LogP contribution is -2.43. The van der Waals surface area contributed by atoms with Crippen molar-refractivity contribution in [1.82, 2.24) is 10.3 Å². The first kappa shape index (κ1) is 16.5. The molecule has 0 fully saturated rings. The molecule has 0 bridgehead atoms. The maximum atomic E-state index is 11.5. The normalized spacial score (nSPS) is 13.3. The first-order chi connectivity index (χ1) is 10.4. The molecule has 8 heteroatoms. The molecule has 1 amide bonds. The van der Waals surface area contributed by atoms with Gasteiger partial charge in [-0.25, -0.2) is 0 Å². The molecule has 22 heavy (non-hydrogen) atoms. The van der Waals surface area contributed by atoms with Crippen molar-refractivity contribution in [1.29, 1.82) is 0 Å². The van der Waals surface area contributed by atoms with Crippen molar-refractivity contribution in [3.05, 3.63) is 36.0 Å². The summed E-state index contributed by atoms with van der Waals surface area (Å²) in [6.07, 6.45) is 2.45. The molecule has 1 heterocycles. The Labute approximate surface area is 128 Å². The number of nitrogens with one attached hydrogen (secondary N) is 2. The molecule has 1 aromatic heterocycles. The second-order valence-corrected chi connectivity index (χ2v) is 6.68. The van der Waals surface area contributed by atoms with Crippen LogP contribution in [0.2, 0.25) is 0 Å². The summed E-state index contributed by atoms with van der Waals surface area (Å²) in [7, 11) is -3.98. The number of carbonyl (C=O) groups excluding carboxylic acids is 1. The summed E-state index contributed by atoms with van der Waals surface area (Å²) in [6.45, 7) is 0.274. The Hall–Kier alpha value is -1.90. The van der Waals surface area contributed by atoms with E-state index in [1.165, 1.54) is 0 Å². The van der Waals surface area contributed by atoms with Crippen LogP contribution < -0.4 is 11.1 Å². The van der Waals surface area contributed by atoms with Gasteiger partial charge in [0.1, 0.15) is 0 Å². The fraction of sp³-hybridized carbons (Fsp3) is 0.357. The molecule has 1 aromatic carbocycles. The first-order valence-corrected chi connectivity index (χ1v) is 8.50. The van der Waals surface area contributed by atoms with E-state index < -0.39 is 22.1 Å². The van der Waals surface area contributed by atoms with Gasteiger partial charge in [0.15, 0.2) is 0 Å². The largest absolute Gasteiger partial charge is 0.368 e. The van der Waals surface area contributed by atoms with Gasteiger partial charge < -0.3 is 16.0 Å². The number of aromatic nitrogens is 1. The Morgan fingerprint density at radius 1 is 1.36 bits per heavy atom. The molecule has 0 spiro atoms. The van der Waals surface area contributed by atoms with Gasteiger partial charge in [-0.05, 0) is 31.0 Å². The topological polar surface area (TPSA) is 125 Å². The molecule has 5 N–H and O–H groups in total. The van der Waals surface area contributed by atoms with Crippen LogP contribution in [0.4, 0.5) is 0 Å². The Kier molecular flexibility index (Phi) is 5.17. The number of nitrogens with two attached hydrogens (primary N) is 1. The number of aromatic amines is 1. The van der Waals surface area contributed by atoms with Crippen LogP contribution in [0.15, 0.2) is 30.5 Å². The van der Waals surface area contributed by atoms with Gasteiger partial charge in [-0.1, -0.05) is 18.2 Å². The van der Waals surface area contributed by atoms with Gasteiger partial charge in [-0.15, -0.1) is 0 Å². The predicted octanol–water partition coefficient (Wildman–Crippen LogP) is 0.432. The third-order valence-corrected chi connectivity index (χ3v) is 4.22. The molecule has 0 saturated carbocycles. The molecule has 120 valence electrons. The number of rotatable bonds is 8. The standard InChI is InChI=1S/C14H19N3O4S/c15-14(18)13(16-6-3-7-22(19,20)21)8-10-9-17-12-5-2-1-4-11(10)12/h1-2,4-5,9,13,16-17H,3,6-8H2,(H2,15,18)(H,19,20,21)/t13-/m1/s1. The zero-order valence-electron chi connectivity index (χ0n) is 12.0. The van der Waals surface area contributed by atoms with Crippen molar-refractivity contribution in [2.45, 2.75) is 18.9 Å². The SMILES string of the molecule is NC(=O)[C@@H](Cc1c[nH]c2ccccc12)NCCCS(=O)(=O)O. The molecular formula is C14H19N3O4S. The van der Waals surface area contributed by atoms with Crippen LogP contribution >= 0.6 is 0 Å². The van der Waals surface area contributed by atoms with Crippen LogP contribution in [0.5, 0.6) is 0 Å². The first-order valence-electron chi connectivity index (χ1n) is 6.89. The van der Waals surface area contributed by atoms with Crippen molar-refractivity contribution in [3.8, 4) is 0 Å². The molecule has 2 rings (SSSR count). The number of hydrogen-bond donors (Lipinski definition) is 4. The quantitative estimate of drug-likeness (QED) is 0.414. The number of carbonyl (C=O) groups is 1. The summed E-state index contributed by atoms with van der Waals surface area (Å²) < 4.78 is 30.0. The fourth-order valence-electron chi connectivity index (χ4n) is 2.32. The minimum absolute atomic E-state index is 0.205. The Balaban J connectivity index is 1.98. The average Bonchev–Trinajstić information content (AvgIpc) is 2.84. The van der Waals surface area contributed by atoms with Crippen molar-refractivity contribution < 1.29 is 17.8 Å². The Bertz CT molecular complexity index is 754. The van der Waals surface area contributed by atoms with Crippen LogP contribution in [-0.4, -0.2) is 42.2 Å². The highest BCUT2D eigenvalue weighted by Gasteiger charge is 2.17. The zero-order chi connectivity index (χ0) is 16.2. The molecule has 0 unspecified atom stereocenters. The lowest BCUT2D eigenvalue weighted by atomic mass is 10.0. The third kappa shape index (κ3) is 4.55. The van der Waals surface area contributed by atoms with Crippen molar-refractivity contribution in [2.75, 3.05) is 12.3 Å². The summed E-state index contributed by atoms with van der Waals surface area (Å²) in [5.41, 5.74) is 7.32. The van der Waals surface area contributed by atoms with Crippen molar-refractivity contribution in [3.63, 3.8) is 0 Å².